The molecule has 1 amide bonds. The first-order chi connectivity index (χ1) is 10.2. The van der Waals surface area contributed by atoms with Crippen LogP contribution < -0.4 is 5.32 Å². The summed E-state index contributed by atoms with van der Waals surface area (Å²) in [5.41, 5.74) is 0. The highest BCUT2D eigenvalue weighted by Crippen LogP contribution is 2.16. The molecule has 0 saturated carbocycles. The molecular formula is C18H41N2O+. The number of carbonyl (C=O) groups excluding carboxylic acids is 1. The lowest BCUT2D eigenvalue weighted by molar-refractivity contribution is -0.929. The van der Waals surface area contributed by atoms with E-state index in [2.05, 4.69) is 33.0 Å². The van der Waals surface area contributed by atoms with Gasteiger partial charge in [0.05, 0.1) is 26.2 Å². The van der Waals surface area contributed by atoms with E-state index in [1.165, 1.54) is 82.0 Å². The third kappa shape index (κ3) is 14.1. The van der Waals surface area contributed by atoms with Crippen molar-refractivity contribution in [1.82, 2.24) is 5.32 Å². The number of nitrogens with one attached hydrogen (secondary N) is 1. The first kappa shape index (κ1) is 22.7. The molecule has 0 rings (SSSR count). The van der Waals surface area contributed by atoms with E-state index in [0.717, 1.165) is 0 Å². The SMILES string of the molecule is CCCC[N+](CCCC)(CCCC)CCCC.CNC=O. The van der Waals surface area contributed by atoms with Crippen molar-refractivity contribution in [3.63, 3.8) is 0 Å². The summed E-state index contributed by atoms with van der Waals surface area (Å²) in [6, 6.07) is 0. The number of hydrogen-bond acceptors (Lipinski definition) is 1. The monoisotopic (exact) mass is 301 g/mol. The Bertz CT molecular complexity index is 170. The topological polar surface area (TPSA) is 29.1 Å². The molecule has 3 heteroatoms. The molecule has 0 aliphatic heterocycles. The molecule has 0 aliphatic rings. The molecule has 0 saturated heterocycles. The third-order valence-corrected chi connectivity index (χ3v) is 4.06. The van der Waals surface area contributed by atoms with E-state index < -0.39 is 0 Å². The molecule has 0 bridgehead atoms. The Morgan fingerprint density at radius 3 is 1.10 bits per heavy atom. The van der Waals surface area contributed by atoms with E-state index in [0.29, 0.717) is 6.41 Å². The summed E-state index contributed by atoms with van der Waals surface area (Å²) in [6.45, 7) is 15.0. The molecule has 0 spiro atoms. The predicted octanol–water partition coefficient (Wildman–Crippen LogP) is 4.37. The second kappa shape index (κ2) is 17.5. The number of carbonyl (C=O) groups is 1. The average molecular weight is 302 g/mol. The Labute approximate surface area is 134 Å². The number of quaternary nitrogens is 1. The lowest BCUT2D eigenvalue weighted by Crippen LogP contribution is -2.50. The van der Waals surface area contributed by atoms with Crippen molar-refractivity contribution in [2.75, 3.05) is 33.2 Å². The molecule has 0 heterocycles. The molecule has 0 fully saturated rings. The first-order valence-corrected chi connectivity index (χ1v) is 9.12. The van der Waals surface area contributed by atoms with E-state index in [-0.39, 0.29) is 0 Å². The fourth-order valence-corrected chi connectivity index (χ4v) is 2.64. The fraction of sp³-hybridized carbons (Fsp3) is 0.944. The number of unbranched alkanes of at least 4 members (excludes halogenated alkanes) is 4. The van der Waals surface area contributed by atoms with Gasteiger partial charge in [-0.2, -0.15) is 0 Å². The van der Waals surface area contributed by atoms with Gasteiger partial charge in [0.25, 0.3) is 0 Å². The van der Waals surface area contributed by atoms with Crippen molar-refractivity contribution in [2.45, 2.75) is 79.1 Å². The highest BCUT2D eigenvalue weighted by Gasteiger charge is 2.24. The fourth-order valence-electron chi connectivity index (χ4n) is 2.64. The predicted molar refractivity (Wildman–Crippen MR) is 94.5 cm³/mol. The molecule has 0 aromatic heterocycles. The molecule has 0 unspecified atom stereocenters. The van der Waals surface area contributed by atoms with Gasteiger partial charge < -0.3 is 9.80 Å². The summed E-state index contributed by atoms with van der Waals surface area (Å²) in [5.74, 6) is 0. The largest absolute Gasteiger partial charge is 0.362 e. The minimum absolute atomic E-state index is 0.625. The van der Waals surface area contributed by atoms with Crippen molar-refractivity contribution in [3.05, 3.63) is 0 Å². The molecule has 0 aromatic rings. The lowest BCUT2D eigenvalue weighted by atomic mass is 10.1. The smallest absolute Gasteiger partial charge is 0.206 e. The minimum Gasteiger partial charge on any atom is -0.362 e. The number of rotatable bonds is 13. The Morgan fingerprint density at radius 1 is 0.714 bits per heavy atom. The van der Waals surface area contributed by atoms with Crippen molar-refractivity contribution < 1.29 is 9.28 Å². The summed E-state index contributed by atoms with van der Waals surface area (Å²) < 4.78 is 1.42. The van der Waals surface area contributed by atoms with Crippen LogP contribution in [0.15, 0.2) is 0 Å². The van der Waals surface area contributed by atoms with Crippen LogP contribution in [0.1, 0.15) is 79.1 Å². The van der Waals surface area contributed by atoms with Crippen LogP contribution in [0.2, 0.25) is 0 Å². The quantitative estimate of drug-likeness (QED) is 0.397. The summed E-state index contributed by atoms with van der Waals surface area (Å²) in [7, 11) is 1.56. The summed E-state index contributed by atoms with van der Waals surface area (Å²) >= 11 is 0. The highest BCUT2D eigenvalue weighted by atomic mass is 16.1. The molecule has 0 radical (unpaired) electrons. The Morgan fingerprint density at radius 2 is 0.952 bits per heavy atom. The van der Waals surface area contributed by atoms with Crippen molar-refractivity contribution in [3.8, 4) is 0 Å². The normalized spacial score (nSPS) is 10.7. The molecular weight excluding hydrogens is 260 g/mol. The van der Waals surface area contributed by atoms with Crippen molar-refractivity contribution in [1.29, 1.82) is 0 Å². The lowest BCUT2D eigenvalue weighted by Gasteiger charge is -2.39. The zero-order chi connectivity index (χ0) is 16.4. The highest BCUT2D eigenvalue weighted by molar-refractivity contribution is 5.44. The standard InChI is InChI=1S/C16H36N.C2H5NO/c1-5-9-13-17(14-10-6-2,15-11-7-3)16-12-8-4;1-3-2-4/h5-16H2,1-4H3;2H,1H3,(H,3,4)/q+1;. The van der Waals surface area contributed by atoms with Crippen molar-refractivity contribution in [2.24, 2.45) is 0 Å². The van der Waals surface area contributed by atoms with Crippen LogP contribution in [0.4, 0.5) is 0 Å². The maximum atomic E-state index is 9.06. The van der Waals surface area contributed by atoms with Crippen LogP contribution in [-0.4, -0.2) is 44.1 Å². The molecule has 1 N–H and O–H groups in total. The molecule has 0 atom stereocenters. The van der Waals surface area contributed by atoms with E-state index in [9.17, 15) is 0 Å². The van der Waals surface area contributed by atoms with Gasteiger partial charge in [-0.25, -0.2) is 0 Å². The summed E-state index contributed by atoms with van der Waals surface area (Å²) in [6.07, 6.45) is 11.7. The number of hydrogen-bond donors (Lipinski definition) is 1. The minimum atomic E-state index is 0.625. The zero-order valence-electron chi connectivity index (χ0n) is 15.4. The van der Waals surface area contributed by atoms with E-state index >= 15 is 0 Å². The van der Waals surface area contributed by atoms with Crippen LogP contribution in [-0.2, 0) is 4.79 Å². The van der Waals surface area contributed by atoms with Crippen LogP contribution >= 0.6 is 0 Å². The molecule has 128 valence electrons. The molecule has 21 heavy (non-hydrogen) atoms. The Kier molecular flexibility index (Phi) is 18.9. The van der Waals surface area contributed by atoms with Crippen LogP contribution in [0.5, 0.6) is 0 Å². The van der Waals surface area contributed by atoms with Gasteiger partial charge in [-0.1, -0.05) is 53.4 Å². The summed E-state index contributed by atoms with van der Waals surface area (Å²) in [5, 5.41) is 2.25. The van der Waals surface area contributed by atoms with Crippen molar-refractivity contribution >= 4 is 6.41 Å². The first-order valence-electron chi connectivity index (χ1n) is 9.12. The van der Waals surface area contributed by atoms with Gasteiger partial charge in [-0.15, -0.1) is 0 Å². The van der Waals surface area contributed by atoms with Gasteiger partial charge in [0, 0.05) is 7.05 Å². The Hall–Kier alpha value is -0.570. The van der Waals surface area contributed by atoms with Crippen LogP contribution in [0.25, 0.3) is 0 Å². The second-order valence-electron chi connectivity index (χ2n) is 6.06. The Balaban J connectivity index is 0. The van der Waals surface area contributed by atoms with Gasteiger partial charge in [-0.3, -0.25) is 4.79 Å². The van der Waals surface area contributed by atoms with E-state index in [1.807, 2.05) is 0 Å². The van der Waals surface area contributed by atoms with Gasteiger partial charge in [0.1, 0.15) is 0 Å². The number of amides is 1. The second-order valence-corrected chi connectivity index (χ2v) is 6.06. The number of nitrogens with zero attached hydrogens (tertiary/aromatic N) is 1. The van der Waals surface area contributed by atoms with Gasteiger partial charge in [0.15, 0.2) is 0 Å². The van der Waals surface area contributed by atoms with E-state index in [1.54, 1.807) is 7.05 Å². The third-order valence-electron chi connectivity index (χ3n) is 4.06. The van der Waals surface area contributed by atoms with Gasteiger partial charge >= 0.3 is 0 Å². The maximum Gasteiger partial charge on any atom is 0.206 e. The maximum absolute atomic E-state index is 9.06. The zero-order valence-corrected chi connectivity index (χ0v) is 15.4. The van der Waals surface area contributed by atoms with E-state index in [4.69, 9.17) is 4.79 Å². The molecule has 3 nitrogen and oxygen atoms in total. The summed E-state index contributed by atoms with van der Waals surface area (Å²) in [4.78, 5) is 9.06. The molecule has 0 aliphatic carbocycles. The molecule has 0 aromatic carbocycles. The van der Waals surface area contributed by atoms with Crippen LogP contribution in [0.3, 0.4) is 0 Å². The van der Waals surface area contributed by atoms with Gasteiger partial charge in [0.2, 0.25) is 6.41 Å². The average Bonchev–Trinajstić information content (AvgIpc) is 2.53. The van der Waals surface area contributed by atoms with Crippen LogP contribution in [0, 0.1) is 0 Å². The van der Waals surface area contributed by atoms with Gasteiger partial charge in [-0.05, 0) is 25.7 Å².